The summed E-state index contributed by atoms with van der Waals surface area (Å²) in [7, 11) is 0. The predicted octanol–water partition coefficient (Wildman–Crippen LogP) is 2.92. The maximum absolute atomic E-state index is 13.4. The van der Waals surface area contributed by atoms with Crippen molar-refractivity contribution < 1.29 is 9.53 Å². The summed E-state index contributed by atoms with van der Waals surface area (Å²) in [5, 5.41) is 6.35. The Morgan fingerprint density at radius 3 is 2.48 bits per heavy atom. The molecule has 0 saturated carbocycles. The molecule has 1 aromatic carbocycles. The summed E-state index contributed by atoms with van der Waals surface area (Å²) >= 11 is 0. The number of pyridine rings is 1. The number of nitrogens with one attached hydrogen (secondary N) is 3. The van der Waals surface area contributed by atoms with Crippen LogP contribution in [-0.4, -0.2) is 49.8 Å². The third-order valence-electron chi connectivity index (χ3n) is 7.10. The number of benzene rings is 1. The minimum atomic E-state index is -0.142. The van der Waals surface area contributed by atoms with Gasteiger partial charge in [0.1, 0.15) is 0 Å². The second kappa shape index (κ2) is 10.1. The van der Waals surface area contributed by atoms with Gasteiger partial charge in [0.05, 0.1) is 0 Å². The van der Waals surface area contributed by atoms with Crippen LogP contribution in [0.1, 0.15) is 64.0 Å². The van der Waals surface area contributed by atoms with E-state index in [0.29, 0.717) is 23.1 Å². The molecule has 0 atom stereocenters. The first-order chi connectivity index (χ1) is 15.9. The molecule has 7 heteroatoms. The molecule has 1 amide bonds. The van der Waals surface area contributed by atoms with E-state index in [1.807, 2.05) is 32.9 Å². The molecule has 0 radical (unpaired) electrons. The van der Waals surface area contributed by atoms with E-state index in [1.165, 1.54) is 5.56 Å². The highest BCUT2D eigenvalue weighted by Gasteiger charge is 2.27. The van der Waals surface area contributed by atoms with Gasteiger partial charge in [-0.2, -0.15) is 0 Å². The van der Waals surface area contributed by atoms with Crippen LogP contribution in [0.5, 0.6) is 0 Å². The lowest BCUT2D eigenvalue weighted by Gasteiger charge is -2.38. The molecule has 3 N–H and O–H groups in total. The van der Waals surface area contributed by atoms with Gasteiger partial charge < -0.3 is 25.3 Å². The number of amides is 1. The van der Waals surface area contributed by atoms with Gasteiger partial charge in [-0.25, -0.2) is 0 Å². The molecule has 0 spiro atoms. The molecular formula is C26H36N4O3. The standard InChI is InChI=1S/C26H36N4O3/c1-5-30(21-6-8-33-9-7-21)24-12-19(20-13-27-14-20)11-22(18(24)4)25(31)28-15-23-16(2)10-17(3)29-26(23)32/h10-12,20-21,27H,5-9,13-15H2,1-4H3,(H,28,31)(H,29,32). The minimum absolute atomic E-state index is 0.134. The number of rotatable bonds is 7. The molecule has 178 valence electrons. The van der Waals surface area contributed by atoms with E-state index in [2.05, 4.69) is 33.5 Å². The van der Waals surface area contributed by atoms with Gasteiger partial charge >= 0.3 is 0 Å². The first-order valence-corrected chi connectivity index (χ1v) is 12.1. The fourth-order valence-electron chi connectivity index (χ4n) is 5.00. The monoisotopic (exact) mass is 452 g/mol. The van der Waals surface area contributed by atoms with E-state index in [9.17, 15) is 9.59 Å². The number of carbonyl (C=O) groups is 1. The molecule has 2 fully saturated rings. The number of anilines is 1. The summed E-state index contributed by atoms with van der Waals surface area (Å²) in [5.41, 5.74) is 6.20. The van der Waals surface area contributed by atoms with Crippen molar-refractivity contribution in [1.82, 2.24) is 15.6 Å². The van der Waals surface area contributed by atoms with Gasteiger partial charge in [-0.1, -0.05) is 0 Å². The fraction of sp³-hybridized carbons (Fsp3) is 0.538. The summed E-state index contributed by atoms with van der Waals surface area (Å²) in [6.45, 7) is 12.5. The number of aromatic nitrogens is 1. The normalized spacial score (nSPS) is 17.0. The third kappa shape index (κ3) is 4.99. The summed E-state index contributed by atoms with van der Waals surface area (Å²) in [6.07, 6.45) is 2.00. The molecule has 33 heavy (non-hydrogen) atoms. The quantitative estimate of drug-likeness (QED) is 0.601. The Labute approximate surface area is 195 Å². The van der Waals surface area contributed by atoms with Crippen molar-refractivity contribution in [3.05, 3.63) is 62.1 Å². The number of carbonyl (C=O) groups excluding carboxylic acids is 1. The molecule has 7 nitrogen and oxygen atoms in total. The second-order valence-electron chi connectivity index (χ2n) is 9.32. The largest absolute Gasteiger partial charge is 0.381 e. The van der Waals surface area contributed by atoms with Crippen molar-refractivity contribution in [1.29, 1.82) is 0 Å². The SMILES string of the molecule is CCN(c1cc(C2CNC2)cc(C(=O)NCc2c(C)cc(C)[nH]c2=O)c1C)C1CCOCC1. The topological polar surface area (TPSA) is 86.5 Å². The molecule has 4 rings (SSSR count). The molecule has 0 unspecified atom stereocenters. The first-order valence-electron chi connectivity index (χ1n) is 12.1. The van der Waals surface area contributed by atoms with Crippen molar-refractivity contribution in [3.63, 3.8) is 0 Å². The van der Waals surface area contributed by atoms with E-state index in [4.69, 9.17) is 4.74 Å². The van der Waals surface area contributed by atoms with Gasteiger partial charge in [0.2, 0.25) is 0 Å². The number of ether oxygens (including phenoxy) is 1. The lowest BCUT2D eigenvalue weighted by atomic mass is 9.89. The Morgan fingerprint density at radius 2 is 1.88 bits per heavy atom. The van der Waals surface area contributed by atoms with E-state index < -0.39 is 0 Å². The molecule has 2 aliphatic rings. The number of aryl methyl sites for hydroxylation is 2. The van der Waals surface area contributed by atoms with Crippen LogP contribution >= 0.6 is 0 Å². The van der Waals surface area contributed by atoms with E-state index in [0.717, 1.165) is 68.2 Å². The van der Waals surface area contributed by atoms with Crippen LogP contribution in [0.3, 0.4) is 0 Å². The fourth-order valence-corrected chi connectivity index (χ4v) is 5.00. The Bertz CT molecular complexity index is 1070. The highest BCUT2D eigenvalue weighted by Crippen LogP contribution is 2.33. The minimum Gasteiger partial charge on any atom is -0.381 e. The zero-order valence-corrected chi connectivity index (χ0v) is 20.2. The first kappa shape index (κ1) is 23.5. The Morgan fingerprint density at radius 1 is 1.15 bits per heavy atom. The maximum Gasteiger partial charge on any atom is 0.253 e. The molecule has 2 aromatic rings. The van der Waals surface area contributed by atoms with Crippen molar-refractivity contribution in [2.24, 2.45) is 0 Å². The second-order valence-corrected chi connectivity index (χ2v) is 9.32. The number of hydrogen-bond donors (Lipinski definition) is 3. The molecule has 2 saturated heterocycles. The molecule has 2 aliphatic heterocycles. The van der Waals surface area contributed by atoms with Gasteiger partial charge in [-0.05, 0) is 75.4 Å². The van der Waals surface area contributed by atoms with Gasteiger partial charge in [0.25, 0.3) is 11.5 Å². The van der Waals surface area contributed by atoms with E-state index in [1.54, 1.807) is 0 Å². The highest BCUT2D eigenvalue weighted by molar-refractivity contribution is 5.97. The Balaban J connectivity index is 1.64. The zero-order valence-electron chi connectivity index (χ0n) is 20.2. The van der Waals surface area contributed by atoms with E-state index in [-0.39, 0.29) is 18.0 Å². The number of hydrogen-bond acceptors (Lipinski definition) is 5. The van der Waals surface area contributed by atoms with E-state index >= 15 is 0 Å². The van der Waals surface area contributed by atoms with Crippen LogP contribution < -0.4 is 21.1 Å². The van der Waals surface area contributed by atoms with Crippen molar-refractivity contribution in [3.8, 4) is 0 Å². The van der Waals surface area contributed by atoms with Crippen molar-refractivity contribution in [2.75, 3.05) is 37.7 Å². The molecule has 0 bridgehead atoms. The summed E-state index contributed by atoms with van der Waals surface area (Å²) in [5.74, 6) is 0.289. The average Bonchev–Trinajstić information content (AvgIpc) is 2.74. The van der Waals surface area contributed by atoms with Crippen LogP contribution in [-0.2, 0) is 11.3 Å². The highest BCUT2D eigenvalue weighted by atomic mass is 16.5. The van der Waals surface area contributed by atoms with Gasteiger partial charge in [0, 0.05) is 73.9 Å². The Hall–Kier alpha value is -2.64. The lowest BCUT2D eigenvalue weighted by Crippen LogP contribution is -2.42. The molecule has 0 aliphatic carbocycles. The summed E-state index contributed by atoms with van der Waals surface area (Å²) in [4.78, 5) is 31.0. The molecule has 1 aromatic heterocycles. The zero-order chi connectivity index (χ0) is 23.5. The van der Waals surface area contributed by atoms with Gasteiger partial charge in [0.15, 0.2) is 0 Å². The summed E-state index contributed by atoms with van der Waals surface area (Å²) in [6, 6.07) is 6.68. The number of aromatic amines is 1. The van der Waals surface area contributed by atoms with Crippen LogP contribution in [0.4, 0.5) is 5.69 Å². The number of nitrogens with zero attached hydrogens (tertiary/aromatic N) is 1. The smallest absolute Gasteiger partial charge is 0.253 e. The maximum atomic E-state index is 13.4. The molecule has 3 heterocycles. The van der Waals surface area contributed by atoms with Crippen LogP contribution in [0.2, 0.25) is 0 Å². The lowest BCUT2D eigenvalue weighted by molar-refractivity contribution is 0.0845. The predicted molar refractivity (Wildman–Crippen MR) is 131 cm³/mol. The third-order valence-corrected chi connectivity index (χ3v) is 7.10. The number of H-pyrrole nitrogens is 1. The van der Waals surface area contributed by atoms with Crippen molar-refractivity contribution >= 4 is 11.6 Å². The molecular weight excluding hydrogens is 416 g/mol. The van der Waals surface area contributed by atoms with Crippen LogP contribution in [0, 0.1) is 20.8 Å². The van der Waals surface area contributed by atoms with Crippen LogP contribution in [0.15, 0.2) is 23.0 Å². The average molecular weight is 453 g/mol. The van der Waals surface area contributed by atoms with Gasteiger partial charge in [-0.15, -0.1) is 0 Å². The van der Waals surface area contributed by atoms with Gasteiger partial charge in [-0.3, -0.25) is 9.59 Å². The van der Waals surface area contributed by atoms with Crippen molar-refractivity contribution in [2.45, 2.75) is 59.0 Å². The Kier molecular flexibility index (Phi) is 7.20. The summed E-state index contributed by atoms with van der Waals surface area (Å²) < 4.78 is 5.58. The van der Waals surface area contributed by atoms with Crippen LogP contribution in [0.25, 0.3) is 0 Å².